The van der Waals surface area contributed by atoms with Crippen molar-refractivity contribution in [3.63, 3.8) is 0 Å². The van der Waals surface area contributed by atoms with Crippen LogP contribution in [-0.2, 0) is 14.9 Å². The van der Waals surface area contributed by atoms with Gasteiger partial charge in [0.25, 0.3) is 0 Å². The van der Waals surface area contributed by atoms with Gasteiger partial charge in [0.15, 0.2) is 0 Å². The second-order valence-electron chi connectivity index (χ2n) is 3.97. The molecule has 1 N–H and O–H groups in total. The Morgan fingerprint density at radius 2 is 2.25 bits per heavy atom. The standard InChI is InChI=1S/C11H10BrFO3/c12-7-1-2-9(13)8(3-7)11(4-10(14)15)5-16-6-11/h1-3H,4-6H2,(H,14,15). The lowest BCUT2D eigenvalue weighted by Gasteiger charge is -2.41. The number of ether oxygens (including phenoxy) is 1. The molecule has 1 aromatic carbocycles. The Morgan fingerprint density at radius 3 is 2.75 bits per heavy atom. The molecule has 1 heterocycles. The van der Waals surface area contributed by atoms with Gasteiger partial charge in [-0.2, -0.15) is 0 Å². The van der Waals surface area contributed by atoms with Crippen LogP contribution in [0.5, 0.6) is 0 Å². The van der Waals surface area contributed by atoms with E-state index in [9.17, 15) is 9.18 Å². The van der Waals surface area contributed by atoms with Crippen LogP contribution < -0.4 is 0 Å². The molecule has 2 rings (SSSR count). The molecular weight excluding hydrogens is 279 g/mol. The average Bonchev–Trinajstić information content (AvgIpc) is 2.15. The maximum Gasteiger partial charge on any atom is 0.304 e. The average molecular weight is 289 g/mol. The highest BCUT2D eigenvalue weighted by Crippen LogP contribution is 2.38. The number of carbonyl (C=O) groups is 1. The summed E-state index contributed by atoms with van der Waals surface area (Å²) >= 11 is 3.25. The molecule has 0 aromatic heterocycles. The molecule has 0 amide bonds. The van der Waals surface area contributed by atoms with Crippen LogP contribution in [0.25, 0.3) is 0 Å². The summed E-state index contributed by atoms with van der Waals surface area (Å²) in [5, 5.41) is 8.85. The monoisotopic (exact) mass is 288 g/mol. The molecule has 5 heteroatoms. The number of hydrogen-bond acceptors (Lipinski definition) is 2. The van der Waals surface area contributed by atoms with Crippen LogP contribution in [0.3, 0.4) is 0 Å². The van der Waals surface area contributed by atoms with Crippen LogP contribution in [-0.4, -0.2) is 24.3 Å². The predicted octanol–water partition coefficient (Wildman–Crippen LogP) is 2.33. The third-order valence-electron chi connectivity index (χ3n) is 2.75. The summed E-state index contributed by atoms with van der Waals surface area (Å²) in [7, 11) is 0. The summed E-state index contributed by atoms with van der Waals surface area (Å²) in [6.07, 6.45) is -0.111. The lowest BCUT2D eigenvalue weighted by atomic mass is 9.75. The number of benzene rings is 1. The zero-order valence-corrected chi connectivity index (χ0v) is 9.96. The van der Waals surface area contributed by atoms with Gasteiger partial charge in [0.1, 0.15) is 5.82 Å². The topological polar surface area (TPSA) is 46.5 Å². The maximum atomic E-state index is 13.7. The molecule has 1 fully saturated rings. The van der Waals surface area contributed by atoms with Gasteiger partial charge in [0, 0.05) is 10.0 Å². The van der Waals surface area contributed by atoms with Gasteiger partial charge in [0.05, 0.1) is 25.0 Å². The van der Waals surface area contributed by atoms with E-state index in [0.29, 0.717) is 5.56 Å². The van der Waals surface area contributed by atoms with Crippen LogP contribution >= 0.6 is 15.9 Å². The second kappa shape index (κ2) is 4.14. The molecule has 0 radical (unpaired) electrons. The molecule has 1 saturated heterocycles. The molecule has 0 spiro atoms. The van der Waals surface area contributed by atoms with E-state index in [-0.39, 0.29) is 25.5 Å². The Bertz CT molecular complexity index is 429. The third kappa shape index (κ3) is 1.97. The smallest absolute Gasteiger partial charge is 0.304 e. The van der Waals surface area contributed by atoms with Gasteiger partial charge in [-0.25, -0.2) is 4.39 Å². The highest BCUT2D eigenvalue weighted by molar-refractivity contribution is 9.10. The fourth-order valence-corrected chi connectivity index (χ4v) is 2.26. The van der Waals surface area contributed by atoms with E-state index in [1.165, 1.54) is 6.07 Å². The lowest BCUT2D eigenvalue weighted by molar-refractivity contribution is -0.145. The van der Waals surface area contributed by atoms with Gasteiger partial charge in [0.2, 0.25) is 0 Å². The Hall–Kier alpha value is -0.940. The van der Waals surface area contributed by atoms with Crippen molar-refractivity contribution in [3.8, 4) is 0 Å². The zero-order chi connectivity index (χ0) is 11.8. The van der Waals surface area contributed by atoms with Crippen LogP contribution in [0.2, 0.25) is 0 Å². The van der Waals surface area contributed by atoms with E-state index >= 15 is 0 Å². The molecule has 3 nitrogen and oxygen atoms in total. The van der Waals surface area contributed by atoms with Crippen molar-refractivity contribution in [2.75, 3.05) is 13.2 Å². The molecule has 1 aromatic rings. The summed E-state index contributed by atoms with van der Waals surface area (Å²) in [5.74, 6) is -1.32. The summed E-state index contributed by atoms with van der Waals surface area (Å²) in [5.41, 5.74) is -0.296. The number of halogens is 2. The van der Waals surface area contributed by atoms with Gasteiger partial charge >= 0.3 is 5.97 Å². The van der Waals surface area contributed by atoms with Gasteiger partial charge in [-0.3, -0.25) is 4.79 Å². The molecule has 0 bridgehead atoms. The van der Waals surface area contributed by atoms with Crippen LogP contribution in [0.4, 0.5) is 4.39 Å². The van der Waals surface area contributed by atoms with Crippen molar-refractivity contribution in [1.29, 1.82) is 0 Å². The minimum atomic E-state index is -0.942. The van der Waals surface area contributed by atoms with E-state index in [1.807, 2.05) is 0 Å². The number of aliphatic carboxylic acids is 1. The number of rotatable bonds is 3. The van der Waals surface area contributed by atoms with E-state index in [4.69, 9.17) is 9.84 Å². The van der Waals surface area contributed by atoms with E-state index in [0.717, 1.165) is 4.47 Å². The summed E-state index contributed by atoms with van der Waals surface area (Å²) in [6, 6.07) is 4.55. The molecule has 0 saturated carbocycles. The minimum absolute atomic E-state index is 0.111. The van der Waals surface area contributed by atoms with Crippen molar-refractivity contribution in [1.82, 2.24) is 0 Å². The third-order valence-corrected chi connectivity index (χ3v) is 3.24. The highest BCUT2D eigenvalue weighted by atomic mass is 79.9. The first kappa shape index (κ1) is 11.5. The molecular formula is C11H10BrFO3. The Morgan fingerprint density at radius 1 is 1.56 bits per heavy atom. The van der Waals surface area contributed by atoms with Gasteiger partial charge in [-0.15, -0.1) is 0 Å². The Balaban J connectivity index is 2.39. The summed E-state index contributed by atoms with van der Waals surface area (Å²) in [4.78, 5) is 10.8. The van der Waals surface area contributed by atoms with E-state index < -0.39 is 11.4 Å². The molecule has 86 valence electrons. The fraction of sp³-hybridized carbons (Fsp3) is 0.364. The molecule has 1 aliphatic heterocycles. The predicted molar refractivity (Wildman–Crippen MR) is 58.8 cm³/mol. The van der Waals surface area contributed by atoms with Crippen LogP contribution in [0.1, 0.15) is 12.0 Å². The summed E-state index contributed by atoms with van der Waals surface area (Å²) in [6.45, 7) is 0.513. The Kier molecular flexibility index (Phi) is 2.99. The van der Waals surface area contributed by atoms with Crippen molar-refractivity contribution in [2.45, 2.75) is 11.8 Å². The van der Waals surface area contributed by atoms with Gasteiger partial charge < -0.3 is 9.84 Å². The first-order valence-corrected chi connectivity index (χ1v) is 5.58. The number of carboxylic acids is 1. The summed E-state index contributed by atoms with van der Waals surface area (Å²) < 4.78 is 19.4. The second-order valence-corrected chi connectivity index (χ2v) is 4.88. The normalized spacial score (nSPS) is 17.9. The van der Waals surface area contributed by atoms with Crippen molar-refractivity contribution < 1.29 is 19.0 Å². The molecule has 1 aliphatic rings. The van der Waals surface area contributed by atoms with Gasteiger partial charge in [-0.1, -0.05) is 15.9 Å². The quantitative estimate of drug-likeness (QED) is 0.929. The van der Waals surface area contributed by atoms with Crippen molar-refractivity contribution >= 4 is 21.9 Å². The van der Waals surface area contributed by atoms with Crippen molar-refractivity contribution in [2.24, 2.45) is 0 Å². The van der Waals surface area contributed by atoms with Crippen LogP contribution in [0.15, 0.2) is 22.7 Å². The molecule has 0 atom stereocenters. The van der Waals surface area contributed by atoms with Gasteiger partial charge in [-0.05, 0) is 18.2 Å². The first-order chi connectivity index (χ1) is 7.53. The van der Waals surface area contributed by atoms with Crippen molar-refractivity contribution in [3.05, 3.63) is 34.1 Å². The lowest BCUT2D eigenvalue weighted by Crippen LogP contribution is -2.48. The number of carboxylic acid groups (broad SMARTS) is 1. The first-order valence-electron chi connectivity index (χ1n) is 4.79. The molecule has 0 aliphatic carbocycles. The Labute approximate surface area is 100 Å². The largest absolute Gasteiger partial charge is 0.481 e. The SMILES string of the molecule is O=C(O)CC1(c2cc(Br)ccc2F)COC1. The fourth-order valence-electron chi connectivity index (χ4n) is 1.89. The highest BCUT2D eigenvalue weighted by Gasteiger charge is 2.44. The van der Waals surface area contributed by atoms with E-state index in [2.05, 4.69) is 15.9 Å². The zero-order valence-electron chi connectivity index (χ0n) is 8.37. The minimum Gasteiger partial charge on any atom is -0.481 e. The molecule has 0 unspecified atom stereocenters. The maximum absolute atomic E-state index is 13.7. The number of hydrogen-bond donors (Lipinski definition) is 1. The van der Waals surface area contributed by atoms with E-state index in [1.54, 1.807) is 12.1 Å². The molecule has 16 heavy (non-hydrogen) atoms. The van der Waals surface area contributed by atoms with Crippen LogP contribution in [0, 0.1) is 5.82 Å².